The summed E-state index contributed by atoms with van der Waals surface area (Å²) < 4.78 is 45.7. The van der Waals surface area contributed by atoms with Gasteiger partial charge in [0, 0.05) is 0 Å². The van der Waals surface area contributed by atoms with Gasteiger partial charge in [0.25, 0.3) is 0 Å². The van der Waals surface area contributed by atoms with E-state index in [2.05, 4.69) is 20.8 Å². The number of ether oxygens (including phenoxy) is 1. The van der Waals surface area contributed by atoms with Crippen molar-refractivity contribution < 1.29 is 27.2 Å². The molecule has 0 spiro atoms. The molecule has 8 heteroatoms. The molecule has 1 aliphatic heterocycles. The summed E-state index contributed by atoms with van der Waals surface area (Å²) in [5.41, 5.74) is 0. The highest BCUT2D eigenvalue weighted by Gasteiger charge is 2.63. The molecule has 1 rings (SSSR count). The van der Waals surface area contributed by atoms with E-state index in [1.54, 1.807) is 0 Å². The Hall–Kier alpha value is -0.316. The molecule has 0 aromatic rings. The van der Waals surface area contributed by atoms with Crippen LogP contribution in [0.1, 0.15) is 41.5 Å². The number of carbonyl (C=O) groups is 1. The highest BCUT2D eigenvalue weighted by atomic mass is 28.4. The minimum atomic E-state index is -3.64. The maximum Gasteiger partial charge on any atom is 0.380 e. The number of hydrogen-bond acceptors (Lipinski definition) is 4. The first-order valence-electron chi connectivity index (χ1n) is 8.73. The predicted molar refractivity (Wildman–Crippen MR) is 100 cm³/mol. The van der Waals surface area contributed by atoms with Gasteiger partial charge in [-0.1, -0.05) is 41.5 Å². The molecule has 148 valence electrons. The van der Waals surface area contributed by atoms with Gasteiger partial charge in [0.1, 0.15) is 0 Å². The van der Waals surface area contributed by atoms with E-state index in [1.165, 1.54) is 0 Å². The molecule has 2 atom stereocenters. The predicted octanol–water partition coefficient (Wildman–Crippen LogP) is 4.96. The van der Waals surface area contributed by atoms with E-state index in [0.29, 0.717) is 0 Å². The molecule has 25 heavy (non-hydrogen) atoms. The number of halogens is 2. The summed E-state index contributed by atoms with van der Waals surface area (Å²) in [6.07, 6.45) is -2.67. The van der Waals surface area contributed by atoms with Crippen molar-refractivity contribution >= 4 is 22.6 Å². The van der Waals surface area contributed by atoms with E-state index in [0.717, 1.165) is 0 Å². The molecule has 4 nitrogen and oxygen atoms in total. The van der Waals surface area contributed by atoms with Crippen molar-refractivity contribution in [2.45, 2.75) is 95.9 Å². The molecule has 0 bridgehead atoms. The van der Waals surface area contributed by atoms with E-state index in [1.807, 2.05) is 47.0 Å². The second-order valence-corrected chi connectivity index (χ2v) is 19.5. The standard InChI is InChI=1S/C17H34F2O4Si2/c1-15(2,3)24(7,8)21-11-12-13(17(18,19)14(20)22-12)23-25(9,10)16(4,5)6/h12-13H,11H2,1-10H3/t12-,13-/m1/s1. The summed E-state index contributed by atoms with van der Waals surface area (Å²) in [6, 6.07) is 0. The summed E-state index contributed by atoms with van der Waals surface area (Å²) in [5, 5.41) is -0.312. The first kappa shape index (κ1) is 22.7. The Balaban J connectivity index is 3.00. The van der Waals surface area contributed by atoms with Crippen LogP contribution in [0.3, 0.4) is 0 Å². The summed E-state index contributed by atoms with van der Waals surface area (Å²) in [5.74, 6) is -5.16. The van der Waals surface area contributed by atoms with Crippen molar-refractivity contribution in [3.8, 4) is 0 Å². The molecule has 0 aliphatic carbocycles. The van der Waals surface area contributed by atoms with Gasteiger partial charge in [-0.3, -0.25) is 0 Å². The second kappa shape index (κ2) is 6.69. The largest absolute Gasteiger partial charge is 0.452 e. The summed E-state index contributed by atoms with van der Waals surface area (Å²) in [6.45, 7) is 19.9. The number of hydrogen-bond donors (Lipinski definition) is 0. The van der Waals surface area contributed by atoms with Crippen molar-refractivity contribution in [3.63, 3.8) is 0 Å². The van der Waals surface area contributed by atoms with Crippen LogP contribution in [0.2, 0.25) is 36.3 Å². The van der Waals surface area contributed by atoms with Crippen LogP contribution in [0, 0.1) is 0 Å². The van der Waals surface area contributed by atoms with Crippen LogP contribution in [0.5, 0.6) is 0 Å². The van der Waals surface area contributed by atoms with Gasteiger partial charge in [0.05, 0.1) is 6.61 Å². The van der Waals surface area contributed by atoms with Crippen molar-refractivity contribution in [1.29, 1.82) is 0 Å². The molecule has 0 aromatic heterocycles. The molecule has 0 amide bonds. The molecular weight excluding hydrogens is 362 g/mol. The molecule has 1 fully saturated rings. The van der Waals surface area contributed by atoms with Gasteiger partial charge in [-0.2, -0.15) is 8.78 Å². The average Bonchev–Trinajstić information content (AvgIpc) is 2.57. The van der Waals surface area contributed by atoms with Crippen LogP contribution in [-0.2, 0) is 18.4 Å². The zero-order chi connectivity index (χ0) is 20.1. The summed E-state index contributed by atoms with van der Waals surface area (Å²) in [7, 11) is -4.64. The normalized spacial score (nSPS) is 25.2. The molecule has 0 unspecified atom stereocenters. The first-order chi connectivity index (χ1) is 10.8. The number of cyclic esters (lactones) is 1. The highest BCUT2D eigenvalue weighted by Crippen LogP contribution is 2.43. The number of alkyl halides is 2. The molecule has 0 radical (unpaired) electrons. The van der Waals surface area contributed by atoms with Crippen molar-refractivity contribution in [2.24, 2.45) is 0 Å². The number of rotatable bonds is 5. The van der Waals surface area contributed by atoms with E-state index in [4.69, 9.17) is 13.6 Å². The van der Waals surface area contributed by atoms with Crippen molar-refractivity contribution in [3.05, 3.63) is 0 Å². The lowest BCUT2D eigenvalue weighted by molar-refractivity contribution is -0.162. The zero-order valence-electron chi connectivity index (χ0n) is 17.3. The molecule has 0 N–H and O–H groups in total. The van der Waals surface area contributed by atoms with Gasteiger partial charge in [-0.05, 0) is 36.3 Å². The van der Waals surface area contributed by atoms with Crippen LogP contribution in [0.25, 0.3) is 0 Å². The van der Waals surface area contributed by atoms with E-state index < -0.39 is 40.7 Å². The molecule has 1 aliphatic rings. The number of esters is 1. The van der Waals surface area contributed by atoms with Gasteiger partial charge in [-0.15, -0.1) is 0 Å². The van der Waals surface area contributed by atoms with Gasteiger partial charge >= 0.3 is 11.9 Å². The van der Waals surface area contributed by atoms with Crippen LogP contribution in [0.4, 0.5) is 8.78 Å². The van der Waals surface area contributed by atoms with E-state index in [9.17, 15) is 13.6 Å². The van der Waals surface area contributed by atoms with Crippen LogP contribution in [0.15, 0.2) is 0 Å². The Labute approximate surface area is 152 Å². The Morgan fingerprint density at radius 3 is 1.84 bits per heavy atom. The minimum absolute atomic E-state index is 0.0584. The van der Waals surface area contributed by atoms with E-state index in [-0.39, 0.29) is 16.7 Å². The molecular formula is C17H34F2O4Si2. The SMILES string of the molecule is CC(C)(C)[Si](C)(C)OC[C@H]1OC(=O)C(F)(F)[C@@H]1O[Si](C)(C)C(C)(C)C. The Kier molecular flexibility index (Phi) is 6.08. The van der Waals surface area contributed by atoms with Gasteiger partial charge in [0.2, 0.25) is 0 Å². The van der Waals surface area contributed by atoms with Crippen LogP contribution in [-0.4, -0.2) is 47.3 Å². The lowest BCUT2D eigenvalue weighted by Gasteiger charge is -2.40. The Morgan fingerprint density at radius 1 is 1.00 bits per heavy atom. The fourth-order valence-corrected chi connectivity index (χ4v) is 4.20. The third-order valence-electron chi connectivity index (χ3n) is 5.87. The molecule has 0 saturated carbocycles. The van der Waals surface area contributed by atoms with Crippen molar-refractivity contribution in [2.75, 3.05) is 6.61 Å². The highest BCUT2D eigenvalue weighted by molar-refractivity contribution is 6.74. The molecule has 1 saturated heterocycles. The van der Waals surface area contributed by atoms with Crippen LogP contribution < -0.4 is 0 Å². The minimum Gasteiger partial charge on any atom is -0.452 e. The quantitative estimate of drug-likeness (QED) is 0.487. The lowest BCUT2D eigenvalue weighted by Crippen LogP contribution is -2.53. The first-order valence-corrected chi connectivity index (χ1v) is 14.6. The topological polar surface area (TPSA) is 44.8 Å². The fourth-order valence-electron chi connectivity index (χ4n) is 1.90. The maximum atomic E-state index is 14.4. The zero-order valence-corrected chi connectivity index (χ0v) is 19.3. The molecule has 1 heterocycles. The third-order valence-corrected chi connectivity index (χ3v) is 14.8. The van der Waals surface area contributed by atoms with Gasteiger partial charge in [0.15, 0.2) is 28.8 Å². The summed E-state index contributed by atoms with van der Waals surface area (Å²) >= 11 is 0. The monoisotopic (exact) mass is 396 g/mol. The fraction of sp³-hybridized carbons (Fsp3) is 0.941. The Bertz CT molecular complexity index is 508. The number of carbonyl (C=O) groups excluding carboxylic acids is 1. The maximum absolute atomic E-state index is 14.4. The Morgan fingerprint density at radius 2 is 1.44 bits per heavy atom. The average molecular weight is 397 g/mol. The summed E-state index contributed by atoms with van der Waals surface area (Å²) in [4.78, 5) is 11.7. The van der Waals surface area contributed by atoms with Crippen LogP contribution >= 0.6 is 0 Å². The lowest BCUT2D eigenvalue weighted by atomic mass is 10.1. The van der Waals surface area contributed by atoms with Crippen molar-refractivity contribution in [1.82, 2.24) is 0 Å². The third kappa shape index (κ3) is 4.70. The van der Waals surface area contributed by atoms with Gasteiger partial charge in [-0.25, -0.2) is 4.79 Å². The van der Waals surface area contributed by atoms with E-state index >= 15 is 0 Å². The smallest absolute Gasteiger partial charge is 0.380 e. The van der Waals surface area contributed by atoms with Gasteiger partial charge < -0.3 is 13.6 Å². The molecule has 0 aromatic carbocycles. The second-order valence-electron chi connectivity index (χ2n) is 9.94.